The number of nitrogens with one attached hydrogen (secondary N) is 1. The molecule has 21 N–H and O–H groups in total. The van der Waals surface area contributed by atoms with Gasteiger partial charge in [-0.25, -0.2) is 0 Å². The lowest BCUT2D eigenvalue weighted by Crippen LogP contribution is -2.69. The number of rotatable bonds is 10. The van der Waals surface area contributed by atoms with Crippen molar-refractivity contribution < 1.29 is 99.6 Å². The van der Waals surface area contributed by atoms with Crippen LogP contribution in [0.2, 0.25) is 0 Å². The molecule has 28 heteroatoms. The molecule has 3 aliphatic rings. The first-order chi connectivity index (χ1) is 22.9. The van der Waals surface area contributed by atoms with Gasteiger partial charge in [-0.2, -0.15) is 16.8 Å². The quantitative estimate of drug-likeness (QED) is 0.0915. The van der Waals surface area contributed by atoms with Gasteiger partial charge in [0.05, 0.1) is 18.7 Å². The SMILES string of the molecule is NCC[C@H](O)C(=O)N[C@H]1C[C@@H](N)[C@H](OC2O[C@@H](CO)[C@H](O)[C@@H](N)[C@@H]2O)[C@@H](O)[C@@H]1O[C@H]1O[C@H](CN)[C@@H](O)[C@H](O)[C@H]1O.O=S(=O)(O)O.O=S(=O)(O)O. The molecule has 2 heterocycles. The maximum Gasteiger partial charge on any atom is 0.394 e. The lowest BCUT2D eigenvalue weighted by atomic mass is 9.83. The Bertz CT molecular complexity index is 1200. The van der Waals surface area contributed by atoms with Gasteiger partial charge in [0.15, 0.2) is 12.6 Å². The van der Waals surface area contributed by atoms with E-state index in [0.717, 1.165) is 0 Å². The second-order valence-electron chi connectivity index (χ2n) is 11.2. The molecule has 0 bridgehead atoms. The third-order valence-corrected chi connectivity index (χ3v) is 7.51. The Morgan fingerprint density at radius 3 is 1.72 bits per heavy atom. The average molecular weight is 782 g/mol. The molecule has 298 valence electrons. The summed E-state index contributed by atoms with van der Waals surface area (Å²) in [6.07, 6.45) is -19.9. The highest BCUT2D eigenvalue weighted by Crippen LogP contribution is 2.32. The van der Waals surface area contributed by atoms with Crippen LogP contribution < -0.4 is 28.3 Å². The third kappa shape index (κ3) is 14.5. The van der Waals surface area contributed by atoms with Crippen LogP contribution in [0, 0.1) is 0 Å². The molecule has 50 heavy (non-hydrogen) atoms. The van der Waals surface area contributed by atoms with E-state index in [1.165, 1.54) is 0 Å². The molecule has 0 radical (unpaired) electrons. The fraction of sp³-hybridized carbons (Fsp3) is 0.955. The van der Waals surface area contributed by atoms with Crippen LogP contribution in [0.1, 0.15) is 12.8 Å². The zero-order valence-electron chi connectivity index (χ0n) is 25.9. The van der Waals surface area contributed by atoms with Gasteiger partial charge in [0, 0.05) is 12.6 Å². The summed E-state index contributed by atoms with van der Waals surface area (Å²) in [5.41, 5.74) is 23.1. The van der Waals surface area contributed by atoms with Crippen molar-refractivity contribution in [1.82, 2.24) is 5.32 Å². The summed E-state index contributed by atoms with van der Waals surface area (Å²) >= 11 is 0. The van der Waals surface area contributed by atoms with Crippen molar-refractivity contribution in [2.24, 2.45) is 22.9 Å². The fourth-order valence-corrected chi connectivity index (χ4v) is 5.07. The molecular weight excluding hydrogens is 734 g/mol. The first kappa shape index (κ1) is 46.6. The molecule has 2 aliphatic heterocycles. The van der Waals surface area contributed by atoms with Crippen LogP contribution in [-0.2, 0) is 44.5 Å². The fourth-order valence-electron chi connectivity index (χ4n) is 5.07. The minimum absolute atomic E-state index is 0.00934. The van der Waals surface area contributed by atoms with Crippen molar-refractivity contribution in [2.75, 3.05) is 19.7 Å². The zero-order valence-corrected chi connectivity index (χ0v) is 27.6. The number of carbonyl (C=O) groups is 1. The molecule has 1 amide bonds. The lowest BCUT2D eigenvalue weighted by Gasteiger charge is -2.49. The van der Waals surface area contributed by atoms with E-state index >= 15 is 0 Å². The summed E-state index contributed by atoms with van der Waals surface area (Å²) in [4.78, 5) is 12.6. The number of hydrogen-bond donors (Lipinski definition) is 17. The van der Waals surface area contributed by atoms with E-state index in [9.17, 15) is 45.6 Å². The molecule has 2 saturated heterocycles. The second-order valence-corrected chi connectivity index (χ2v) is 13.0. The monoisotopic (exact) mass is 781 g/mol. The largest absolute Gasteiger partial charge is 0.394 e. The van der Waals surface area contributed by atoms with Gasteiger partial charge in [0.2, 0.25) is 5.91 Å². The number of carbonyl (C=O) groups excluding carboxylic acids is 1. The molecular formula is C22H47N5O21S2. The van der Waals surface area contributed by atoms with Gasteiger partial charge in [0.1, 0.15) is 67.1 Å². The zero-order chi connectivity index (χ0) is 38.9. The maximum absolute atomic E-state index is 12.6. The van der Waals surface area contributed by atoms with E-state index in [1.54, 1.807) is 0 Å². The van der Waals surface area contributed by atoms with Crippen LogP contribution >= 0.6 is 0 Å². The van der Waals surface area contributed by atoms with E-state index in [-0.39, 0.29) is 25.9 Å². The number of ether oxygens (including phenoxy) is 4. The van der Waals surface area contributed by atoms with Gasteiger partial charge < -0.3 is 88.1 Å². The van der Waals surface area contributed by atoms with Crippen LogP contribution in [0.4, 0.5) is 0 Å². The number of aliphatic hydroxyl groups excluding tert-OH is 8. The Balaban J connectivity index is 0.00000109. The van der Waals surface area contributed by atoms with Crippen LogP contribution in [-0.4, -0.2) is 199 Å². The maximum atomic E-state index is 12.6. The Hall–Kier alpha value is -1.43. The molecule has 3 rings (SSSR count). The summed E-state index contributed by atoms with van der Waals surface area (Å²) in [5, 5.41) is 84.9. The van der Waals surface area contributed by atoms with E-state index in [4.69, 9.17) is 76.9 Å². The number of amides is 1. The normalized spacial score (nSPS) is 40.0. The standard InChI is InChI=1S/C22H43N5O13.2H2O4S/c23-2-1-8(29)20(36)27-7-3-6(25)18(39-21-14(32)11(26)12(30)10(5-28)38-21)17(35)19(7)40-22-16(34)15(33)13(31)9(4-24)37-22;2*1-5(2,3)4/h6-19,21-22,28-35H,1-5,23-26H2,(H,27,36);2*(H2,1,2,3,4)/t6-,7+,8+,9-,10+,11-,12+,13-,14+,15+,16-,17-,18+,19-,21?,22-;;/m1../s1. The van der Waals surface area contributed by atoms with Crippen LogP contribution in [0.3, 0.4) is 0 Å². The van der Waals surface area contributed by atoms with Crippen molar-refractivity contribution in [3.05, 3.63) is 0 Å². The minimum Gasteiger partial charge on any atom is -0.394 e. The Kier molecular flexibility index (Phi) is 18.8. The predicted molar refractivity (Wildman–Crippen MR) is 160 cm³/mol. The summed E-state index contributed by atoms with van der Waals surface area (Å²) in [6.45, 7) is -0.899. The van der Waals surface area contributed by atoms with Gasteiger partial charge in [-0.3, -0.25) is 23.0 Å². The average Bonchev–Trinajstić information content (AvgIpc) is 2.99. The topological polar surface area (TPSA) is 481 Å². The molecule has 0 aromatic rings. The first-order valence-corrected chi connectivity index (χ1v) is 17.3. The van der Waals surface area contributed by atoms with Crippen molar-refractivity contribution in [1.29, 1.82) is 0 Å². The molecule has 3 fully saturated rings. The van der Waals surface area contributed by atoms with Crippen LogP contribution in [0.25, 0.3) is 0 Å². The second kappa shape index (κ2) is 20.1. The van der Waals surface area contributed by atoms with Crippen molar-refractivity contribution in [2.45, 2.75) is 111 Å². The van der Waals surface area contributed by atoms with Gasteiger partial charge in [-0.1, -0.05) is 0 Å². The molecule has 0 aromatic heterocycles. The minimum atomic E-state index is -4.67. The third-order valence-electron chi connectivity index (χ3n) is 7.51. The summed E-state index contributed by atoms with van der Waals surface area (Å²) in [7, 11) is -9.33. The van der Waals surface area contributed by atoms with E-state index in [2.05, 4.69) is 5.32 Å². The Labute approximate surface area is 285 Å². The van der Waals surface area contributed by atoms with E-state index in [1.807, 2.05) is 0 Å². The molecule has 26 nitrogen and oxygen atoms in total. The highest BCUT2D eigenvalue weighted by atomic mass is 32.3. The number of aliphatic hydroxyl groups is 8. The van der Waals surface area contributed by atoms with E-state index in [0.29, 0.717) is 0 Å². The van der Waals surface area contributed by atoms with Crippen molar-refractivity contribution in [3.8, 4) is 0 Å². The van der Waals surface area contributed by atoms with Gasteiger partial charge in [-0.05, 0) is 19.4 Å². The smallest absolute Gasteiger partial charge is 0.394 e. The Morgan fingerprint density at radius 2 is 1.24 bits per heavy atom. The van der Waals surface area contributed by atoms with Gasteiger partial charge in [0.25, 0.3) is 0 Å². The number of hydrogen-bond acceptors (Lipinski definition) is 21. The first-order valence-electron chi connectivity index (χ1n) is 14.5. The Morgan fingerprint density at radius 1 is 0.760 bits per heavy atom. The van der Waals surface area contributed by atoms with Crippen LogP contribution in [0.15, 0.2) is 0 Å². The summed E-state index contributed by atoms with van der Waals surface area (Å²) in [6, 6.07) is -3.42. The molecule has 1 unspecified atom stereocenters. The van der Waals surface area contributed by atoms with Crippen molar-refractivity contribution in [3.63, 3.8) is 0 Å². The molecule has 16 atom stereocenters. The molecule has 1 aliphatic carbocycles. The van der Waals surface area contributed by atoms with Gasteiger partial charge >= 0.3 is 20.8 Å². The van der Waals surface area contributed by atoms with Gasteiger partial charge in [-0.15, -0.1) is 0 Å². The highest BCUT2D eigenvalue weighted by molar-refractivity contribution is 7.80. The van der Waals surface area contributed by atoms with Crippen LogP contribution in [0.5, 0.6) is 0 Å². The lowest BCUT2D eigenvalue weighted by molar-refractivity contribution is -0.332. The summed E-state index contributed by atoms with van der Waals surface area (Å²) in [5.74, 6) is -0.847. The molecule has 0 aromatic carbocycles. The van der Waals surface area contributed by atoms with Crippen molar-refractivity contribution >= 4 is 26.7 Å². The highest BCUT2D eigenvalue weighted by Gasteiger charge is 2.52. The summed E-state index contributed by atoms with van der Waals surface area (Å²) < 4.78 is 85.7. The predicted octanol–water partition coefficient (Wildman–Crippen LogP) is -9.73. The number of nitrogens with two attached hydrogens (primary N) is 4. The van der Waals surface area contributed by atoms with E-state index < -0.39 is 131 Å². The molecule has 0 spiro atoms. The molecule has 1 saturated carbocycles.